The van der Waals surface area contributed by atoms with Crippen molar-refractivity contribution >= 4 is 27.4 Å². The first-order valence-corrected chi connectivity index (χ1v) is 11.5. The standard InChI is InChI=1S/C19H30N4O3S/c1-2-27(25,26)23-14-12-22(13-15-23)18-10-8-17(9-11-18)21-19(24)20-16-6-4-3-5-7-16/h8-11,16H,2-7,12-15H2,1H3,(H2,20,21,24). The van der Waals surface area contributed by atoms with Crippen LogP contribution in [0.2, 0.25) is 0 Å². The monoisotopic (exact) mass is 394 g/mol. The van der Waals surface area contributed by atoms with E-state index in [2.05, 4.69) is 15.5 Å². The number of benzene rings is 1. The molecule has 0 bridgehead atoms. The van der Waals surface area contributed by atoms with E-state index in [0.29, 0.717) is 26.2 Å². The van der Waals surface area contributed by atoms with Crippen LogP contribution in [0.15, 0.2) is 24.3 Å². The molecule has 1 aliphatic carbocycles. The van der Waals surface area contributed by atoms with Crippen molar-refractivity contribution in [3.63, 3.8) is 0 Å². The Kier molecular flexibility index (Phi) is 6.59. The van der Waals surface area contributed by atoms with E-state index < -0.39 is 10.0 Å². The Balaban J connectivity index is 1.49. The van der Waals surface area contributed by atoms with E-state index >= 15 is 0 Å². The summed E-state index contributed by atoms with van der Waals surface area (Å²) in [5, 5.41) is 5.94. The summed E-state index contributed by atoms with van der Waals surface area (Å²) in [6.07, 6.45) is 5.76. The minimum atomic E-state index is -3.11. The van der Waals surface area contributed by atoms with Crippen LogP contribution in [0.25, 0.3) is 0 Å². The molecule has 2 aliphatic rings. The summed E-state index contributed by atoms with van der Waals surface area (Å²) >= 11 is 0. The summed E-state index contributed by atoms with van der Waals surface area (Å²) < 4.78 is 25.5. The lowest BCUT2D eigenvalue weighted by atomic mass is 9.96. The van der Waals surface area contributed by atoms with Crippen molar-refractivity contribution in [2.75, 3.05) is 42.1 Å². The van der Waals surface area contributed by atoms with Crippen molar-refractivity contribution in [2.24, 2.45) is 0 Å². The highest BCUT2D eigenvalue weighted by Crippen LogP contribution is 2.21. The van der Waals surface area contributed by atoms with Gasteiger partial charge in [-0.05, 0) is 44.0 Å². The molecular weight excluding hydrogens is 364 g/mol. The number of hydrogen-bond donors (Lipinski definition) is 2. The second-order valence-electron chi connectivity index (χ2n) is 7.27. The van der Waals surface area contributed by atoms with Crippen molar-refractivity contribution in [3.05, 3.63) is 24.3 Å². The third-order valence-corrected chi connectivity index (χ3v) is 7.31. The fourth-order valence-electron chi connectivity index (χ4n) is 3.76. The highest BCUT2D eigenvalue weighted by molar-refractivity contribution is 7.89. The molecule has 3 rings (SSSR count). The SMILES string of the molecule is CCS(=O)(=O)N1CCN(c2ccc(NC(=O)NC3CCCCC3)cc2)CC1. The number of rotatable bonds is 5. The number of nitrogens with one attached hydrogen (secondary N) is 2. The second-order valence-corrected chi connectivity index (χ2v) is 9.52. The van der Waals surface area contributed by atoms with Gasteiger partial charge in [-0.15, -0.1) is 0 Å². The third kappa shape index (κ3) is 5.35. The van der Waals surface area contributed by atoms with Crippen LogP contribution < -0.4 is 15.5 Å². The fraction of sp³-hybridized carbons (Fsp3) is 0.632. The molecule has 1 aliphatic heterocycles. The lowest BCUT2D eigenvalue weighted by molar-refractivity contribution is 0.244. The number of urea groups is 1. The van der Waals surface area contributed by atoms with Crippen LogP contribution in [-0.4, -0.2) is 56.7 Å². The Bertz CT molecular complexity index is 722. The maximum absolute atomic E-state index is 12.1. The molecule has 8 heteroatoms. The maximum atomic E-state index is 12.1. The molecule has 0 atom stereocenters. The van der Waals surface area contributed by atoms with Crippen molar-refractivity contribution in [3.8, 4) is 0 Å². The molecule has 150 valence electrons. The van der Waals surface area contributed by atoms with Crippen LogP contribution in [0.1, 0.15) is 39.0 Å². The van der Waals surface area contributed by atoms with Crippen LogP contribution >= 0.6 is 0 Å². The first-order valence-electron chi connectivity index (χ1n) is 9.88. The summed E-state index contributed by atoms with van der Waals surface area (Å²) in [5.74, 6) is 0.149. The van der Waals surface area contributed by atoms with Crippen LogP contribution in [0.5, 0.6) is 0 Å². The van der Waals surface area contributed by atoms with Gasteiger partial charge in [0.25, 0.3) is 0 Å². The zero-order chi connectivity index (χ0) is 19.3. The average molecular weight is 395 g/mol. The minimum Gasteiger partial charge on any atom is -0.369 e. The van der Waals surface area contributed by atoms with Crippen LogP contribution in [0, 0.1) is 0 Å². The number of piperazine rings is 1. The van der Waals surface area contributed by atoms with Crippen LogP contribution in [0.4, 0.5) is 16.2 Å². The zero-order valence-corrected chi connectivity index (χ0v) is 16.8. The molecular formula is C19H30N4O3S. The molecule has 1 saturated heterocycles. The van der Waals surface area contributed by atoms with Crippen LogP contribution in [0.3, 0.4) is 0 Å². The van der Waals surface area contributed by atoms with Crippen molar-refractivity contribution < 1.29 is 13.2 Å². The Morgan fingerprint density at radius 1 is 1.04 bits per heavy atom. The van der Waals surface area contributed by atoms with Gasteiger partial charge in [0.05, 0.1) is 5.75 Å². The van der Waals surface area contributed by atoms with E-state index in [1.165, 1.54) is 19.3 Å². The predicted molar refractivity (Wildman–Crippen MR) is 109 cm³/mol. The highest BCUT2D eigenvalue weighted by atomic mass is 32.2. The first kappa shape index (κ1) is 19.9. The Hall–Kier alpha value is -1.80. The van der Waals surface area contributed by atoms with Crippen LogP contribution in [-0.2, 0) is 10.0 Å². The molecule has 0 aromatic heterocycles. The number of carbonyl (C=O) groups excluding carboxylic acids is 1. The Labute approximate surface area is 162 Å². The summed E-state index contributed by atoms with van der Waals surface area (Å²) in [5.41, 5.74) is 1.81. The van der Waals surface area contributed by atoms with Gasteiger partial charge in [-0.3, -0.25) is 0 Å². The number of nitrogens with zero attached hydrogens (tertiary/aromatic N) is 2. The van der Waals surface area contributed by atoms with E-state index in [-0.39, 0.29) is 17.8 Å². The van der Waals surface area contributed by atoms with Gasteiger partial charge in [0.15, 0.2) is 0 Å². The second kappa shape index (κ2) is 8.93. The molecule has 2 N–H and O–H groups in total. The highest BCUT2D eigenvalue weighted by Gasteiger charge is 2.25. The van der Waals surface area contributed by atoms with E-state index in [0.717, 1.165) is 24.2 Å². The quantitative estimate of drug-likeness (QED) is 0.804. The van der Waals surface area contributed by atoms with Gasteiger partial charge >= 0.3 is 6.03 Å². The van der Waals surface area contributed by atoms with Gasteiger partial charge in [0.1, 0.15) is 0 Å². The molecule has 0 unspecified atom stereocenters. The van der Waals surface area contributed by atoms with Gasteiger partial charge in [-0.1, -0.05) is 19.3 Å². The topological polar surface area (TPSA) is 81.8 Å². The van der Waals surface area contributed by atoms with Gasteiger partial charge in [-0.2, -0.15) is 4.31 Å². The van der Waals surface area contributed by atoms with E-state index in [1.807, 2.05) is 24.3 Å². The average Bonchev–Trinajstić information content (AvgIpc) is 2.69. The molecule has 1 saturated carbocycles. The lowest BCUT2D eigenvalue weighted by Crippen LogP contribution is -2.49. The molecule has 1 heterocycles. The molecule has 1 aromatic carbocycles. The fourth-order valence-corrected chi connectivity index (χ4v) is 4.85. The summed E-state index contributed by atoms with van der Waals surface area (Å²) in [6.45, 7) is 4.06. The number of amides is 2. The number of sulfonamides is 1. The molecule has 0 spiro atoms. The number of hydrogen-bond acceptors (Lipinski definition) is 4. The van der Waals surface area contributed by atoms with Gasteiger partial charge in [0, 0.05) is 43.6 Å². The van der Waals surface area contributed by atoms with Crippen molar-refractivity contribution in [1.29, 1.82) is 0 Å². The molecule has 2 amide bonds. The normalized spacial score (nSPS) is 19.7. The smallest absolute Gasteiger partial charge is 0.319 e. The summed E-state index contributed by atoms with van der Waals surface area (Å²) in [4.78, 5) is 14.3. The third-order valence-electron chi connectivity index (χ3n) is 5.43. The van der Waals surface area contributed by atoms with Crippen molar-refractivity contribution in [2.45, 2.75) is 45.1 Å². The first-order chi connectivity index (χ1) is 13.0. The van der Waals surface area contributed by atoms with E-state index in [4.69, 9.17) is 0 Å². The molecule has 27 heavy (non-hydrogen) atoms. The summed E-state index contributed by atoms with van der Waals surface area (Å²) in [6, 6.07) is 7.87. The number of carbonyl (C=O) groups is 1. The zero-order valence-electron chi connectivity index (χ0n) is 16.0. The van der Waals surface area contributed by atoms with Gasteiger partial charge in [0.2, 0.25) is 10.0 Å². The molecule has 7 nitrogen and oxygen atoms in total. The maximum Gasteiger partial charge on any atom is 0.319 e. The molecule has 1 aromatic rings. The van der Waals surface area contributed by atoms with E-state index in [9.17, 15) is 13.2 Å². The minimum absolute atomic E-state index is 0.145. The molecule has 2 fully saturated rings. The lowest BCUT2D eigenvalue weighted by Gasteiger charge is -2.35. The largest absolute Gasteiger partial charge is 0.369 e. The van der Waals surface area contributed by atoms with Gasteiger partial charge < -0.3 is 15.5 Å². The summed E-state index contributed by atoms with van der Waals surface area (Å²) in [7, 11) is -3.11. The Morgan fingerprint density at radius 2 is 1.67 bits per heavy atom. The van der Waals surface area contributed by atoms with E-state index in [1.54, 1.807) is 11.2 Å². The predicted octanol–water partition coefficient (Wildman–Crippen LogP) is 2.61. The molecule has 0 radical (unpaired) electrons. The number of anilines is 2. The van der Waals surface area contributed by atoms with Crippen molar-refractivity contribution in [1.82, 2.24) is 9.62 Å². The Morgan fingerprint density at radius 3 is 2.26 bits per heavy atom. The van der Waals surface area contributed by atoms with Gasteiger partial charge in [-0.25, -0.2) is 13.2 Å².